The van der Waals surface area contributed by atoms with Gasteiger partial charge < -0.3 is 19.6 Å². The SMILES string of the molecule is COc1ccccc1CN/N=C\c1ccc(OC(C)C)cc1OC(C)C. The molecule has 5 nitrogen and oxygen atoms in total. The fraction of sp³-hybridized carbons (Fsp3) is 0.381. The lowest BCUT2D eigenvalue weighted by Crippen LogP contribution is -2.10. The zero-order valence-electron chi connectivity index (χ0n) is 16.2. The summed E-state index contributed by atoms with van der Waals surface area (Å²) in [6.07, 6.45) is 1.94. The average molecular weight is 356 g/mol. The fourth-order valence-corrected chi connectivity index (χ4v) is 2.42. The van der Waals surface area contributed by atoms with Gasteiger partial charge in [0.15, 0.2) is 0 Å². The summed E-state index contributed by atoms with van der Waals surface area (Å²) in [4.78, 5) is 0. The number of para-hydroxylation sites is 1. The average Bonchev–Trinajstić information content (AvgIpc) is 2.59. The molecule has 0 heterocycles. The Labute approximate surface area is 156 Å². The van der Waals surface area contributed by atoms with Crippen molar-refractivity contribution < 1.29 is 14.2 Å². The fourth-order valence-electron chi connectivity index (χ4n) is 2.42. The monoisotopic (exact) mass is 356 g/mol. The minimum absolute atomic E-state index is 0.0676. The van der Waals surface area contributed by atoms with Crippen molar-refractivity contribution in [1.82, 2.24) is 5.43 Å². The summed E-state index contributed by atoms with van der Waals surface area (Å²) in [5, 5.41) is 4.32. The highest BCUT2D eigenvalue weighted by Crippen LogP contribution is 2.25. The maximum atomic E-state index is 5.90. The van der Waals surface area contributed by atoms with Gasteiger partial charge in [0.25, 0.3) is 0 Å². The van der Waals surface area contributed by atoms with E-state index in [1.165, 1.54) is 0 Å². The lowest BCUT2D eigenvalue weighted by molar-refractivity contribution is 0.229. The van der Waals surface area contributed by atoms with Crippen LogP contribution in [-0.2, 0) is 6.54 Å². The van der Waals surface area contributed by atoms with Crippen LogP contribution in [-0.4, -0.2) is 25.5 Å². The molecule has 0 aliphatic carbocycles. The van der Waals surface area contributed by atoms with E-state index in [-0.39, 0.29) is 12.2 Å². The van der Waals surface area contributed by atoms with E-state index in [9.17, 15) is 0 Å². The van der Waals surface area contributed by atoms with Gasteiger partial charge in [0.05, 0.1) is 32.1 Å². The molecule has 0 atom stereocenters. The summed E-state index contributed by atoms with van der Waals surface area (Å²) in [5.41, 5.74) is 4.99. The van der Waals surface area contributed by atoms with Crippen LogP contribution in [0.1, 0.15) is 38.8 Å². The van der Waals surface area contributed by atoms with Gasteiger partial charge in [-0.05, 0) is 45.9 Å². The molecule has 0 saturated carbocycles. The highest BCUT2D eigenvalue weighted by molar-refractivity contribution is 5.83. The van der Waals surface area contributed by atoms with Gasteiger partial charge in [-0.1, -0.05) is 18.2 Å². The number of hydrazone groups is 1. The van der Waals surface area contributed by atoms with E-state index in [4.69, 9.17) is 14.2 Å². The second-order valence-electron chi connectivity index (χ2n) is 6.44. The van der Waals surface area contributed by atoms with Crippen molar-refractivity contribution in [3.63, 3.8) is 0 Å². The van der Waals surface area contributed by atoms with Crippen molar-refractivity contribution >= 4 is 6.21 Å². The Bertz CT molecular complexity index is 727. The third-order valence-electron chi connectivity index (χ3n) is 3.48. The molecule has 140 valence electrons. The first-order valence-corrected chi connectivity index (χ1v) is 8.84. The Morgan fingerprint density at radius 2 is 1.69 bits per heavy atom. The number of hydrogen-bond donors (Lipinski definition) is 1. The quantitative estimate of drug-likeness (QED) is 0.535. The molecule has 0 saturated heterocycles. The van der Waals surface area contributed by atoms with Crippen LogP contribution in [0.4, 0.5) is 0 Å². The van der Waals surface area contributed by atoms with Crippen molar-refractivity contribution in [2.24, 2.45) is 5.10 Å². The first-order chi connectivity index (χ1) is 12.5. The number of benzene rings is 2. The molecule has 0 unspecified atom stereocenters. The number of hydrogen-bond acceptors (Lipinski definition) is 5. The van der Waals surface area contributed by atoms with E-state index >= 15 is 0 Å². The van der Waals surface area contributed by atoms with Crippen LogP contribution in [0.3, 0.4) is 0 Å². The predicted molar refractivity (Wildman–Crippen MR) is 105 cm³/mol. The third-order valence-corrected chi connectivity index (χ3v) is 3.48. The first-order valence-electron chi connectivity index (χ1n) is 8.84. The van der Waals surface area contributed by atoms with Crippen molar-refractivity contribution in [3.8, 4) is 17.2 Å². The maximum Gasteiger partial charge on any atom is 0.132 e. The Balaban J connectivity index is 2.07. The summed E-state index contributed by atoms with van der Waals surface area (Å²) in [6.45, 7) is 8.57. The first kappa shape index (κ1) is 19.6. The van der Waals surface area contributed by atoms with Gasteiger partial charge in [-0.2, -0.15) is 5.10 Å². The van der Waals surface area contributed by atoms with E-state index in [2.05, 4.69) is 10.5 Å². The molecule has 0 aliphatic heterocycles. The minimum atomic E-state index is 0.0676. The molecule has 5 heteroatoms. The number of nitrogens with one attached hydrogen (secondary N) is 1. The van der Waals surface area contributed by atoms with E-state index < -0.39 is 0 Å². The van der Waals surface area contributed by atoms with Crippen molar-refractivity contribution in [2.45, 2.75) is 46.4 Å². The van der Waals surface area contributed by atoms with Gasteiger partial charge in [-0.3, -0.25) is 0 Å². The number of methoxy groups -OCH3 is 1. The molecule has 2 aromatic rings. The Morgan fingerprint density at radius 3 is 2.38 bits per heavy atom. The van der Waals surface area contributed by atoms with Crippen molar-refractivity contribution in [2.75, 3.05) is 7.11 Å². The molecule has 0 amide bonds. The molecular weight excluding hydrogens is 328 g/mol. The number of nitrogens with zero attached hydrogens (tertiary/aromatic N) is 1. The van der Waals surface area contributed by atoms with E-state index in [0.717, 1.165) is 28.4 Å². The van der Waals surface area contributed by atoms with Crippen LogP contribution in [0.2, 0.25) is 0 Å². The number of rotatable bonds is 9. The second kappa shape index (κ2) is 9.70. The lowest BCUT2D eigenvalue weighted by Gasteiger charge is -2.15. The standard InChI is InChI=1S/C21H28N2O3/c1-15(2)25-19-11-10-18(21(12-19)26-16(3)4)14-23-22-13-17-8-6-7-9-20(17)24-5/h6-12,14-16,22H,13H2,1-5H3/b23-14-. The molecule has 0 aliphatic rings. The maximum absolute atomic E-state index is 5.90. The van der Waals surface area contributed by atoms with E-state index in [1.807, 2.05) is 70.2 Å². The molecule has 2 rings (SSSR count). The summed E-state index contributed by atoms with van der Waals surface area (Å²) >= 11 is 0. The highest BCUT2D eigenvalue weighted by atomic mass is 16.5. The van der Waals surface area contributed by atoms with Crippen LogP contribution in [0.25, 0.3) is 0 Å². The summed E-state index contributed by atoms with van der Waals surface area (Å²) in [7, 11) is 1.67. The molecule has 0 aromatic heterocycles. The normalized spacial score (nSPS) is 11.2. The predicted octanol–water partition coefficient (Wildman–Crippen LogP) is 4.39. The third kappa shape index (κ3) is 5.99. The van der Waals surface area contributed by atoms with Crippen LogP contribution >= 0.6 is 0 Å². The van der Waals surface area contributed by atoms with Gasteiger partial charge in [-0.25, -0.2) is 0 Å². The van der Waals surface area contributed by atoms with E-state index in [0.29, 0.717) is 6.54 Å². The summed E-state index contributed by atoms with van der Waals surface area (Å²) in [5.74, 6) is 2.38. The molecule has 0 radical (unpaired) electrons. The summed E-state index contributed by atoms with van der Waals surface area (Å²) < 4.78 is 17.0. The smallest absolute Gasteiger partial charge is 0.132 e. The Hall–Kier alpha value is -2.69. The zero-order chi connectivity index (χ0) is 18.9. The molecular formula is C21H28N2O3. The van der Waals surface area contributed by atoms with Crippen LogP contribution in [0.5, 0.6) is 17.2 Å². The van der Waals surface area contributed by atoms with Gasteiger partial charge >= 0.3 is 0 Å². The minimum Gasteiger partial charge on any atom is -0.496 e. The zero-order valence-corrected chi connectivity index (χ0v) is 16.2. The van der Waals surface area contributed by atoms with Crippen LogP contribution < -0.4 is 19.6 Å². The number of ether oxygens (including phenoxy) is 3. The Kier molecular flexibility index (Phi) is 7.33. The van der Waals surface area contributed by atoms with Gasteiger partial charge in [-0.15, -0.1) is 0 Å². The highest BCUT2D eigenvalue weighted by Gasteiger charge is 2.08. The molecule has 0 spiro atoms. The van der Waals surface area contributed by atoms with Gasteiger partial charge in [0.2, 0.25) is 0 Å². The van der Waals surface area contributed by atoms with Crippen LogP contribution in [0.15, 0.2) is 47.6 Å². The topological polar surface area (TPSA) is 52.1 Å². The molecule has 1 N–H and O–H groups in total. The lowest BCUT2D eigenvalue weighted by atomic mass is 10.2. The van der Waals surface area contributed by atoms with Crippen LogP contribution in [0, 0.1) is 0 Å². The van der Waals surface area contributed by atoms with Gasteiger partial charge in [0, 0.05) is 17.2 Å². The largest absolute Gasteiger partial charge is 0.496 e. The summed E-state index contributed by atoms with van der Waals surface area (Å²) in [6, 6.07) is 13.6. The van der Waals surface area contributed by atoms with E-state index in [1.54, 1.807) is 13.3 Å². The van der Waals surface area contributed by atoms with Crippen molar-refractivity contribution in [3.05, 3.63) is 53.6 Å². The molecule has 0 bridgehead atoms. The van der Waals surface area contributed by atoms with Crippen molar-refractivity contribution in [1.29, 1.82) is 0 Å². The molecule has 26 heavy (non-hydrogen) atoms. The second-order valence-corrected chi connectivity index (χ2v) is 6.44. The van der Waals surface area contributed by atoms with Gasteiger partial charge in [0.1, 0.15) is 17.2 Å². The molecule has 0 fully saturated rings. The molecule has 2 aromatic carbocycles. The Morgan fingerprint density at radius 1 is 0.962 bits per heavy atom.